The van der Waals surface area contributed by atoms with E-state index in [2.05, 4.69) is 37.2 Å². The number of carbonyl (C=O) groups excluding carboxylic acids is 4. The molecule has 104 valence electrons. The maximum Gasteiger partial charge on any atom is 0.147 e. The molecule has 0 N–H and O–H groups in total. The summed E-state index contributed by atoms with van der Waals surface area (Å²) in [6, 6.07) is 0. The Labute approximate surface area is 131 Å². The molecule has 0 aliphatic carbocycles. The summed E-state index contributed by atoms with van der Waals surface area (Å²) in [6.07, 6.45) is -0.406. The third kappa shape index (κ3) is 11.2. The maximum atomic E-state index is 11.3. The van der Waals surface area contributed by atoms with Crippen molar-refractivity contribution in [3.05, 3.63) is 0 Å². The maximum absolute atomic E-state index is 11.3. The minimum atomic E-state index is -0.396. The van der Waals surface area contributed by atoms with Crippen LogP contribution in [-0.2, 0) is 19.2 Å². The van der Waals surface area contributed by atoms with E-state index in [4.69, 9.17) is 0 Å². The number of Topliss-reactive ketones (excluding diaryl/α,β-unsaturated/α-hetero) is 4. The Morgan fingerprint density at radius 2 is 1.22 bits per heavy atom. The van der Waals surface area contributed by atoms with Gasteiger partial charge in [0.25, 0.3) is 0 Å². The van der Waals surface area contributed by atoms with Gasteiger partial charge in [-0.05, 0) is 0 Å². The number of rotatable bonds is 8. The molecule has 0 radical (unpaired) electrons. The van der Waals surface area contributed by atoms with Crippen LogP contribution < -0.4 is 0 Å². The number of ketones is 4. The van der Waals surface area contributed by atoms with E-state index in [1.165, 1.54) is 0 Å². The first-order chi connectivity index (χ1) is 8.36. The predicted octanol–water partition coefficient (Wildman–Crippen LogP) is 3.27. The van der Waals surface area contributed by atoms with Crippen LogP contribution in [0.5, 0.6) is 0 Å². The van der Waals surface area contributed by atoms with Gasteiger partial charge < -0.3 is 0 Å². The Bertz CT molecular complexity index is 311. The van der Waals surface area contributed by atoms with Gasteiger partial charge in [-0.3, -0.25) is 19.2 Å². The van der Waals surface area contributed by atoms with Gasteiger partial charge in [0.2, 0.25) is 0 Å². The first-order valence-corrected chi connectivity index (χ1v) is 11.9. The highest BCUT2D eigenvalue weighted by Gasteiger charge is 2.17. The van der Waals surface area contributed by atoms with Gasteiger partial charge in [-0.2, -0.15) is 0 Å². The topological polar surface area (TPSA) is 68.3 Å². The van der Waals surface area contributed by atoms with Crippen LogP contribution in [-0.4, -0.2) is 23.1 Å². The number of hydrogen-bond donors (Lipinski definition) is 0. The lowest BCUT2D eigenvalue weighted by Crippen LogP contribution is -2.17. The van der Waals surface area contributed by atoms with Crippen LogP contribution in [0.2, 0.25) is 0 Å². The molecule has 0 spiro atoms. The molecular weight excluding hydrogens is 462 g/mol. The second-order valence-electron chi connectivity index (χ2n) is 4.12. The molecule has 0 aliphatic heterocycles. The Morgan fingerprint density at radius 1 is 0.833 bits per heavy atom. The lowest BCUT2D eigenvalue weighted by molar-refractivity contribution is -0.131. The highest BCUT2D eigenvalue weighted by molar-refractivity contribution is 15.0. The molecule has 0 amide bonds. The van der Waals surface area contributed by atoms with E-state index in [1.807, 2.05) is 0 Å². The zero-order valence-corrected chi connectivity index (χ0v) is 15.1. The Kier molecular flexibility index (Phi) is 13.9. The predicted molar refractivity (Wildman–Crippen MR) is 87.0 cm³/mol. The summed E-state index contributed by atoms with van der Waals surface area (Å²) in [5, 5.41) is 0. The third-order valence-electron chi connectivity index (χ3n) is 2.20. The van der Waals surface area contributed by atoms with Crippen molar-refractivity contribution < 1.29 is 19.2 Å². The fourth-order valence-corrected chi connectivity index (χ4v) is 1.09. The van der Waals surface area contributed by atoms with Crippen LogP contribution in [0.4, 0.5) is 0 Å². The second kappa shape index (κ2) is 12.2. The van der Waals surface area contributed by atoms with Crippen LogP contribution in [0.25, 0.3) is 0 Å². The number of hydrogen-bond acceptors (Lipinski definition) is 4. The Morgan fingerprint density at radius 3 is 1.61 bits per heavy atom. The molecule has 0 aromatic heterocycles. The highest BCUT2D eigenvalue weighted by atomic mass is 128. The molecule has 6 heteroatoms. The summed E-state index contributed by atoms with van der Waals surface area (Å²) in [6.45, 7) is 5.08. The summed E-state index contributed by atoms with van der Waals surface area (Å²) in [7, 11) is 0. The van der Waals surface area contributed by atoms with Crippen molar-refractivity contribution in [2.75, 3.05) is 0 Å². The number of halogens is 2. The van der Waals surface area contributed by atoms with Crippen molar-refractivity contribution in [2.24, 2.45) is 5.92 Å². The van der Waals surface area contributed by atoms with E-state index in [0.29, 0.717) is 6.42 Å². The second-order valence-corrected chi connectivity index (χ2v) is 4.12. The van der Waals surface area contributed by atoms with E-state index in [1.54, 1.807) is 20.8 Å². The molecule has 4 nitrogen and oxygen atoms in total. The van der Waals surface area contributed by atoms with Crippen LogP contribution in [0.3, 0.4) is 0 Å². The largest absolute Gasteiger partial charge is 0.299 e. The minimum absolute atomic E-state index is 0.167. The molecule has 0 heterocycles. The van der Waals surface area contributed by atoms with Crippen molar-refractivity contribution in [1.82, 2.24) is 0 Å². The summed E-state index contributed by atoms with van der Waals surface area (Å²) in [5.74, 6) is -1.33. The fourth-order valence-electron chi connectivity index (χ4n) is 1.09. The molecule has 0 saturated carbocycles. The third-order valence-corrected chi connectivity index (χ3v) is 2.20. The molecule has 0 aliphatic rings. The molecular formula is C12H18I2O4. The molecule has 0 aromatic carbocycles. The molecule has 0 aromatic rings. The molecule has 0 bridgehead atoms. The van der Waals surface area contributed by atoms with Crippen molar-refractivity contribution in [1.29, 1.82) is 0 Å². The monoisotopic (exact) mass is 480 g/mol. The van der Waals surface area contributed by atoms with Crippen LogP contribution >= 0.6 is 37.2 Å². The molecule has 18 heavy (non-hydrogen) atoms. The lowest BCUT2D eigenvalue weighted by atomic mass is 10.00. The quantitative estimate of drug-likeness (QED) is 0.396. The van der Waals surface area contributed by atoms with Gasteiger partial charge in [0, 0.05) is 49.6 Å². The average Bonchev–Trinajstić information content (AvgIpc) is 2.30. The van der Waals surface area contributed by atoms with Crippen LogP contribution in [0, 0.1) is 5.92 Å². The van der Waals surface area contributed by atoms with Gasteiger partial charge in [-0.15, -0.1) is 0 Å². The van der Waals surface area contributed by atoms with Crippen molar-refractivity contribution in [3.8, 4) is 0 Å². The van der Waals surface area contributed by atoms with Gasteiger partial charge in [0.15, 0.2) is 0 Å². The average molecular weight is 480 g/mol. The highest BCUT2D eigenvalue weighted by Crippen LogP contribution is 2.03. The molecule has 0 rings (SSSR count). The van der Waals surface area contributed by atoms with Crippen molar-refractivity contribution in [3.63, 3.8) is 0 Å². The van der Waals surface area contributed by atoms with E-state index >= 15 is 0 Å². The molecule has 0 atom stereocenters. The van der Waals surface area contributed by atoms with E-state index < -0.39 is 11.6 Å². The van der Waals surface area contributed by atoms with E-state index in [9.17, 15) is 19.2 Å². The first kappa shape index (κ1) is 20.5. The van der Waals surface area contributed by atoms with Crippen molar-refractivity contribution in [2.45, 2.75) is 46.5 Å². The van der Waals surface area contributed by atoms with Gasteiger partial charge in [-0.25, -0.2) is 0 Å². The summed E-state index contributed by atoms with van der Waals surface area (Å²) >= 11 is 4.24. The molecule has 0 saturated heterocycles. The van der Waals surface area contributed by atoms with Gasteiger partial charge in [-0.1, -0.05) is 20.8 Å². The molecule has 0 unspecified atom stereocenters. The van der Waals surface area contributed by atoms with Gasteiger partial charge in [0.1, 0.15) is 23.1 Å². The zero-order chi connectivity index (χ0) is 14.7. The fraction of sp³-hybridized carbons (Fsp3) is 0.667. The summed E-state index contributed by atoms with van der Waals surface area (Å²) < 4.78 is 0. The van der Waals surface area contributed by atoms with Crippen LogP contribution in [0.1, 0.15) is 46.5 Å². The summed E-state index contributed by atoms with van der Waals surface area (Å²) in [5.41, 5.74) is 0. The van der Waals surface area contributed by atoms with E-state index in [-0.39, 0.29) is 36.7 Å². The van der Waals surface area contributed by atoms with Gasteiger partial charge in [0.05, 0.1) is 19.3 Å². The first-order valence-electron chi connectivity index (χ1n) is 5.58. The standard InChI is InChI=1S/C12H18O4.I2/c1-4-9(13)5-10(14)6-11(15)7-12(16)8(2)3;1-2/h8H,4-7H2,1-3H3;. The Hall–Kier alpha value is 0.140. The minimum Gasteiger partial charge on any atom is -0.299 e. The molecule has 0 fully saturated rings. The lowest BCUT2D eigenvalue weighted by Gasteiger charge is -2.02. The zero-order valence-electron chi connectivity index (χ0n) is 10.8. The Balaban J connectivity index is 0. The SMILES string of the molecule is CCC(=O)CC(=O)CC(=O)CC(=O)C(C)C.II. The van der Waals surface area contributed by atoms with Gasteiger partial charge >= 0.3 is 0 Å². The van der Waals surface area contributed by atoms with Crippen molar-refractivity contribution >= 4 is 60.4 Å². The number of carbonyl (C=O) groups is 4. The van der Waals surface area contributed by atoms with E-state index in [0.717, 1.165) is 0 Å². The smallest absolute Gasteiger partial charge is 0.147 e. The summed E-state index contributed by atoms with van der Waals surface area (Å²) in [4.78, 5) is 44.7. The van der Waals surface area contributed by atoms with Crippen LogP contribution in [0.15, 0.2) is 0 Å². The normalized spacial score (nSPS) is 9.44.